The molecule has 0 N–H and O–H groups in total. The molecule has 3 nitrogen and oxygen atoms in total. The van der Waals surface area contributed by atoms with E-state index in [0.717, 1.165) is 0 Å². The summed E-state index contributed by atoms with van der Waals surface area (Å²) in [4.78, 5) is 3.90. The summed E-state index contributed by atoms with van der Waals surface area (Å²) in [6.45, 7) is 3.53. The molecule has 0 fully saturated rings. The Morgan fingerprint density at radius 3 is 2.56 bits per heavy atom. The second-order valence-electron chi connectivity index (χ2n) is 1.79. The van der Waals surface area contributed by atoms with E-state index in [9.17, 15) is 0 Å². The second-order valence-corrected chi connectivity index (χ2v) is 2.44. The smallest absolute Gasteiger partial charge is 0.223 e. The van der Waals surface area contributed by atoms with E-state index in [1.165, 1.54) is 0 Å². The normalized spacial score (nSPS) is 13.7. The van der Waals surface area contributed by atoms with Gasteiger partial charge in [0.2, 0.25) is 5.89 Å². The van der Waals surface area contributed by atoms with Crippen molar-refractivity contribution < 1.29 is 4.52 Å². The molecule has 0 bridgehead atoms. The van der Waals surface area contributed by atoms with Crippen LogP contribution in [0.5, 0.6) is 0 Å². The molecular formula is C5H7ClN2O. The maximum atomic E-state index is 5.63. The zero-order valence-corrected chi connectivity index (χ0v) is 6.01. The average Bonchev–Trinajstić information content (AvgIpc) is 2.14. The maximum absolute atomic E-state index is 5.63. The minimum absolute atomic E-state index is 0.164. The van der Waals surface area contributed by atoms with Gasteiger partial charge in [0.25, 0.3) is 0 Å². The molecule has 0 aliphatic carbocycles. The van der Waals surface area contributed by atoms with Crippen molar-refractivity contribution in [2.24, 2.45) is 0 Å². The number of rotatable bonds is 1. The Balaban J connectivity index is 2.85. The largest absolute Gasteiger partial charge is 0.340 e. The topological polar surface area (TPSA) is 38.9 Å². The molecule has 0 aromatic carbocycles. The van der Waals surface area contributed by atoms with E-state index >= 15 is 0 Å². The summed E-state index contributed by atoms with van der Waals surface area (Å²) < 4.78 is 4.68. The van der Waals surface area contributed by atoms with Crippen LogP contribution in [0.3, 0.4) is 0 Å². The van der Waals surface area contributed by atoms with Gasteiger partial charge in [0, 0.05) is 6.92 Å². The standard InChI is InChI=1S/C5H7ClN2O/c1-3(6)5-7-4(2)9-8-5/h3H,1-2H3. The van der Waals surface area contributed by atoms with Gasteiger partial charge in [-0.2, -0.15) is 4.98 Å². The van der Waals surface area contributed by atoms with E-state index in [-0.39, 0.29) is 5.38 Å². The number of halogens is 1. The van der Waals surface area contributed by atoms with E-state index in [0.29, 0.717) is 11.7 Å². The van der Waals surface area contributed by atoms with Crippen molar-refractivity contribution in [2.45, 2.75) is 19.2 Å². The van der Waals surface area contributed by atoms with Crippen LogP contribution in [-0.2, 0) is 0 Å². The van der Waals surface area contributed by atoms with E-state index in [1.807, 2.05) is 0 Å². The molecule has 0 amide bonds. The van der Waals surface area contributed by atoms with E-state index in [2.05, 4.69) is 14.7 Å². The van der Waals surface area contributed by atoms with Crippen LogP contribution in [-0.4, -0.2) is 10.1 Å². The van der Waals surface area contributed by atoms with E-state index in [1.54, 1.807) is 13.8 Å². The maximum Gasteiger partial charge on any atom is 0.223 e. The zero-order valence-electron chi connectivity index (χ0n) is 5.26. The number of hydrogen-bond donors (Lipinski definition) is 0. The molecule has 1 aromatic heterocycles. The van der Waals surface area contributed by atoms with Crippen LogP contribution in [0.1, 0.15) is 24.0 Å². The van der Waals surface area contributed by atoms with Gasteiger partial charge in [0.1, 0.15) is 0 Å². The third-order valence-corrected chi connectivity index (χ3v) is 1.09. The van der Waals surface area contributed by atoms with Gasteiger partial charge in [0.15, 0.2) is 5.82 Å². The summed E-state index contributed by atoms with van der Waals surface area (Å²) in [7, 11) is 0. The molecule has 0 aliphatic rings. The molecule has 50 valence electrons. The summed E-state index contributed by atoms with van der Waals surface area (Å²) >= 11 is 5.63. The molecule has 4 heteroatoms. The van der Waals surface area contributed by atoms with E-state index in [4.69, 9.17) is 11.6 Å². The van der Waals surface area contributed by atoms with Crippen molar-refractivity contribution in [3.63, 3.8) is 0 Å². The fourth-order valence-electron chi connectivity index (χ4n) is 0.477. The fourth-order valence-corrected chi connectivity index (χ4v) is 0.565. The summed E-state index contributed by atoms with van der Waals surface area (Å²) in [5.74, 6) is 1.10. The Morgan fingerprint density at radius 1 is 1.67 bits per heavy atom. The first-order chi connectivity index (χ1) is 4.20. The quantitative estimate of drug-likeness (QED) is 0.566. The van der Waals surface area contributed by atoms with Crippen molar-refractivity contribution in [1.82, 2.24) is 10.1 Å². The molecule has 0 saturated heterocycles. The molecule has 9 heavy (non-hydrogen) atoms. The first-order valence-electron chi connectivity index (χ1n) is 2.64. The molecule has 0 aliphatic heterocycles. The van der Waals surface area contributed by atoms with Gasteiger partial charge in [0.05, 0.1) is 5.38 Å². The first kappa shape index (κ1) is 6.55. The van der Waals surface area contributed by atoms with Crippen LogP contribution >= 0.6 is 11.6 Å². The predicted molar refractivity (Wildman–Crippen MR) is 33.3 cm³/mol. The highest BCUT2D eigenvalue weighted by atomic mass is 35.5. The fraction of sp³-hybridized carbons (Fsp3) is 0.600. The Kier molecular flexibility index (Phi) is 1.71. The highest BCUT2D eigenvalue weighted by molar-refractivity contribution is 6.20. The Morgan fingerprint density at radius 2 is 2.33 bits per heavy atom. The number of hydrogen-bond acceptors (Lipinski definition) is 3. The van der Waals surface area contributed by atoms with Gasteiger partial charge in [-0.15, -0.1) is 11.6 Å². The molecule has 0 saturated carbocycles. The third kappa shape index (κ3) is 1.42. The third-order valence-electron chi connectivity index (χ3n) is 0.899. The van der Waals surface area contributed by atoms with Crippen LogP contribution in [0, 0.1) is 6.92 Å². The minimum Gasteiger partial charge on any atom is -0.340 e. The predicted octanol–water partition coefficient (Wildman–Crippen LogP) is 1.68. The van der Waals surface area contributed by atoms with Gasteiger partial charge in [-0.25, -0.2) is 0 Å². The van der Waals surface area contributed by atoms with Crippen LogP contribution < -0.4 is 0 Å². The highest BCUT2D eigenvalue weighted by Gasteiger charge is 2.06. The van der Waals surface area contributed by atoms with Crippen molar-refractivity contribution in [2.75, 3.05) is 0 Å². The highest BCUT2D eigenvalue weighted by Crippen LogP contribution is 2.14. The van der Waals surface area contributed by atoms with Gasteiger partial charge < -0.3 is 4.52 Å². The van der Waals surface area contributed by atoms with Gasteiger partial charge in [-0.1, -0.05) is 5.16 Å². The number of aryl methyl sites for hydroxylation is 1. The molecule has 1 heterocycles. The SMILES string of the molecule is Cc1nc(C(C)Cl)no1. The lowest BCUT2D eigenvalue weighted by atomic mass is 10.5. The average molecular weight is 147 g/mol. The van der Waals surface area contributed by atoms with Gasteiger partial charge in [-0.3, -0.25) is 0 Å². The minimum atomic E-state index is -0.164. The Labute approximate surface area is 58.0 Å². The Bertz CT molecular complexity index is 197. The molecule has 0 radical (unpaired) electrons. The molecular weight excluding hydrogens is 140 g/mol. The second kappa shape index (κ2) is 2.35. The van der Waals surface area contributed by atoms with Gasteiger partial charge >= 0.3 is 0 Å². The zero-order chi connectivity index (χ0) is 6.85. The van der Waals surface area contributed by atoms with E-state index < -0.39 is 0 Å². The number of aromatic nitrogens is 2. The van der Waals surface area contributed by atoms with Crippen LogP contribution in [0.4, 0.5) is 0 Å². The summed E-state index contributed by atoms with van der Waals surface area (Å²) in [6, 6.07) is 0. The summed E-state index contributed by atoms with van der Waals surface area (Å²) in [5.41, 5.74) is 0. The molecule has 1 atom stereocenters. The van der Waals surface area contributed by atoms with Crippen molar-refractivity contribution in [3.05, 3.63) is 11.7 Å². The van der Waals surface area contributed by atoms with Crippen LogP contribution in [0.2, 0.25) is 0 Å². The number of alkyl halides is 1. The lowest BCUT2D eigenvalue weighted by Crippen LogP contribution is -1.85. The lowest BCUT2D eigenvalue weighted by molar-refractivity contribution is 0.387. The monoisotopic (exact) mass is 146 g/mol. The van der Waals surface area contributed by atoms with Crippen molar-refractivity contribution in [3.8, 4) is 0 Å². The van der Waals surface area contributed by atoms with Crippen LogP contribution in [0.15, 0.2) is 4.52 Å². The molecule has 1 unspecified atom stereocenters. The summed E-state index contributed by atoms with van der Waals surface area (Å²) in [5, 5.41) is 3.43. The lowest BCUT2D eigenvalue weighted by Gasteiger charge is -1.88. The first-order valence-corrected chi connectivity index (χ1v) is 3.08. The number of nitrogens with zero attached hydrogens (tertiary/aromatic N) is 2. The summed E-state index contributed by atoms with van der Waals surface area (Å²) in [6.07, 6.45) is 0. The van der Waals surface area contributed by atoms with Crippen molar-refractivity contribution in [1.29, 1.82) is 0 Å². The van der Waals surface area contributed by atoms with Crippen LogP contribution in [0.25, 0.3) is 0 Å². The van der Waals surface area contributed by atoms with Gasteiger partial charge in [-0.05, 0) is 6.92 Å². The van der Waals surface area contributed by atoms with Crippen molar-refractivity contribution >= 4 is 11.6 Å². The molecule has 1 aromatic rings. The Hall–Kier alpha value is -0.570. The molecule has 0 spiro atoms. The molecule has 1 rings (SSSR count).